The zero-order chi connectivity index (χ0) is 11.4. The number of rotatable bonds is 3. The van der Waals surface area contributed by atoms with E-state index in [1.54, 1.807) is 0 Å². The highest BCUT2D eigenvalue weighted by atomic mass is 16.2. The summed E-state index contributed by atoms with van der Waals surface area (Å²) in [5.74, 6) is 2.63. The van der Waals surface area contributed by atoms with Crippen LogP contribution in [0.2, 0.25) is 0 Å². The molecular formula is C14H15NO. The molecule has 0 bridgehead atoms. The molecule has 0 aliphatic heterocycles. The molecule has 0 atom stereocenters. The largest absolute Gasteiger partial charge is 0.325 e. The fourth-order valence-electron chi connectivity index (χ4n) is 1.91. The molecule has 0 spiro atoms. The standard InChI is InChI=1S/C14H15NO/c1-2-11-15(13-9-6-10-13)14(16)12-7-4-3-5-8-12/h1,3-5,7-8,13H,6,9-11H2. The monoisotopic (exact) mass is 213 g/mol. The molecule has 2 nitrogen and oxygen atoms in total. The Morgan fingerprint density at radius 1 is 1.38 bits per heavy atom. The summed E-state index contributed by atoms with van der Waals surface area (Å²) in [7, 11) is 0. The first-order valence-electron chi connectivity index (χ1n) is 5.62. The predicted octanol–water partition coefficient (Wildman–Crippen LogP) is 2.31. The molecule has 1 fully saturated rings. The molecule has 0 unspecified atom stereocenters. The van der Waals surface area contributed by atoms with Crippen LogP contribution in [0.5, 0.6) is 0 Å². The topological polar surface area (TPSA) is 20.3 Å². The zero-order valence-electron chi connectivity index (χ0n) is 9.23. The minimum atomic E-state index is 0.0586. The van der Waals surface area contributed by atoms with E-state index in [4.69, 9.17) is 6.42 Å². The van der Waals surface area contributed by atoms with Crippen molar-refractivity contribution in [1.29, 1.82) is 0 Å². The fourth-order valence-corrected chi connectivity index (χ4v) is 1.91. The minimum Gasteiger partial charge on any atom is -0.325 e. The number of nitrogens with zero attached hydrogens (tertiary/aromatic N) is 1. The van der Waals surface area contributed by atoms with Crippen LogP contribution in [0.25, 0.3) is 0 Å². The summed E-state index contributed by atoms with van der Waals surface area (Å²) in [6.07, 6.45) is 8.69. The SMILES string of the molecule is C#CCN(C(=O)c1ccccc1)C1CCC1. The molecule has 0 radical (unpaired) electrons. The Balaban J connectivity index is 2.14. The minimum absolute atomic E-state index is 0.0586. The molecule has 1 aromatic carbocycles. The molecule has 1 amide bonds. The lowest BCUT2D eigenvalue weighted by Gasteiger charge is -2.36. The number of carbonyl (C=O) groups is 1. The number of benzene rings is 1. The summed E-state index contributed by atoms with van der Waals surface area (Å²) in [5, 5.41) is 0. The van der Waals surface area contributed by atoms with Gasteiger partial charge >= 0.3 is 0 Å². The first-order valence-corrected chi connectivity index (χ1v) is 5.62. The van der Waals surface area contributed by atoms with Crippen molar-refractivity contribution in [2.24, 2.45) is 0 Å². The summed E-state index contributed by atoms with van der Waals surface area (Å²) in [4.78, 5) is 14.0. The maximum Gasteiger partial charge on any atom is 0.254 e. The van der Waals surface area contributed by atoms with Crippen molar-refractivity contribution in [3.8, 4) is 12.3 Å². The Labute approximate surface area is 96.3 Å². The molecule has 2 rings (SSSR count). The van der Waals surface area contributed by atoms with Crippen molar-refractivity contribution >= 4 is 5.91 Å². The number of terminal acetylenes is 1. The summed E-state index contributed by atoms with van der Waals surface area (Å²) < 4.78 is 0. The van der Waals surface area contributed by atoms with Crippen LogP contribution < -0.4 is 0 Å². The lowest BCUT2D eigenvalue weighted by atomic mass is 9.91. The highest BCUT2D eigenvalue weighted by Gasteiger charge is 2.28. The second kappa shape index (κ2) is 4.85. The molecule has 0 N–H and O–H groups in total. The Kier molecular flexibility index (Phi) is 3.26. The normalized spacial score (nSPS) is 14.9. The first-order chi connectivity index (χ1) is 7.83. The van der Waals surface area contributed by atoms with E-state index in [0.29, 0.717) is 12.6 Å². The smallest absolute Gasteiger partial charge is 0.254 e. The van der Waals surface area contributed by atoms with Gasteiger partial charge in [0.15, 0.2) is 0 Å². The van der Waals surface area contributed by atoms with Crippen LogP contribution in [-0.2, 0) is 0 Å². The van der Waals surface area contributed by atoms with Crippen LogP contribution in [0.1, 0.15) is 29.6 Å². The highest BCUT2D eigenvalue weighted by Crippen LogP contribution is 2.25. The summed E-state index contributed by atoms with van der Waals surface area (Å²) in [6.45, 7) is 0.415. The van der Waals surface area contributed by atoms with Crippen molar-refractivity contribution in [1.82, 2.24) is 4.90 Å². The number of carbonyl (C=O) groups excluding carboxylic acids is 1. The van der Waals surface area contributed by atoms with Gasteiger partial charge in [0.1, 0.15) is 0 Å². The third-order valence-corrected chi connectivity index (χ3v) is 3.06. The van der Waals surface area contributed by atoms with Gasteiger partial charge in [-0.3, -0.25) is 4.79 Å². The average molecular weight is 213 g/mol. The molecule has 82 valence electrons. The summed E-state index contributed by atoms with van der Waals surface area (Å²) in [6, 6.07) is 9.69. The zero-order valence-corrected chi connectivity index (χ0v) is 9.23. The van der Waals surface area contributed by atoms with Gasteiger partial charge in [0.2, 0.25) is 0 Å². The lowest BCUT2D eigenvalue weighted by molar-refractivity contribution is 0.0618. The van der Waals surface area contributed by atoms with Gasteiger partial charge in [-0.2, -0.15) is 0 Å². The number of hydrogen-bond donors (Lipinski definition) is 0. The van der Waals surface area contributed by atoms with Gasteiger partial charge < -0.3 is 4.90 Å². The van der Waals surface area contributed by atoms with Crippen molar-refractivity contribution < 1.29 is 4.79 Å². The van der Waals surface area contributed by atoms with Gasteiger partial charge in [-0.15, -0.1) is 6.42 Å². The molecule has 1 aliphatic carbocycles. The van der Waals surface area contributed by atoms with E-state index in [1.165, 1.54) is 6.42 Å². The molecule has 0 aromatic heterocycles. The third kappa shape index (κ3) is 2.09. The maximum atomic E-state index is 12.2. The predicted molar refractivity (Wildman–Crippen MR) is 64.0 cm³/mol. The fraction of sp³-hybridized carbons (Fsp3) is 0.357. The van der Waals surface area contributed by atoms with E-state index >= 15 is 0 Å². The maximum absolute atomic E-state index is 12.2. The Bertz CT molecular complexity index is 400. The second-order valence-electron chi connectivity index (χ2n) is 4.09. The Morgan fingerprint density at radius 3 is 2.56 bits per heavy atom. The Morgan fingerprint density at radius 2 is 2.06 bits per heavy atom. The van der Waals surface area contributed by atoms with E-state index in [-0.39, 0.29) is 5.91 Å². The molecule has 1 saturated carbocycles. The van der Waals surface area contributed by atoms with Gasteiger partial charge in [-0.05, 0) is 31.4 Å². The van der Waals surface area contributed by atoms with Gasteiger partial charge in [-0.25, -0.2) is 0 Å². The second-order valence-corrected chi connectivity index (χ2v) is 4.09. The molecule has 0 heterocycles. The van der Waals surface area contributed by atoms with Crippen LogP contribution in [-0.4, -0.2) is 23.4 Å². The van der Waals surface area contributed by atoms with E-state index in [9.17, 15) is 4.79 Å². The number of amides is 1. The summed E-state index contributed by atoms with van der Waals surface area (Å²) in [5.41, 5.74) is 0.727. The van der Waals surface area contributed by atoms with Crippen LogP contribution >= 0.6 is 0 Å². The van der Waals surface area contributed by atoms with E-state index < -0.39 is 0 Å². The van der Waals surface area contributed by atoms with Gasteiger partial charge in [0, 0.05) is 11.6 Å². The van der Waals surface area contributed by atoms with Crippen LogP contribution in [0.3, 0.4) is 0 Å². The van der Waals surface area contributed by atoms with Gasteiger partial charge in [0.05, 0.1) is 6.54 Å². The van der Waals surface area contributed by atoms with E-state index in [0.717, 1.165) is 18.4 Å². The third-order valence-electron chi connectivity index (χ3n) is 3.06. The van der Waals surface area contributed by atoms with Crippen LogP contribution in [0.15, 0.2) is 30.3 Å². The van der Waals surface area contributed by atoms with Gasteiger partial charge in [0.25, 0.3) is 5.91 Å². The summed E-state index contributed by atoms with van der Waals surface area (Å²) >= 11 is 0. The lowest BCUT2D eigenvalue weighted by Crippen LogP contribution is -2.44. The van der Waals surface area contributed by atoms with Crippen molar-refractivity contribution in [3.63, 3.8) is 0 Å². The van der Waals surface area contributed by atoms with Crippen molar-refractivity contribution in [3.05, 3.63) is 35.9 Å². The molecule has 2 heteroatoms. The first kappa shape index (κ1) is 10.8. The van der Waals surface area contributed by atoms with Crippen molar-refractivity contribution in [2.75, 3.05) is 6.54 Å². The van der Waals surface area contributed by atoms with Crippen molar-refractivity contribution in [2.45, 2.75) is 25.3 Å². The quantitative estimate of drug-likeness (QED) is 0.706. The molecule has 16 heavy (non-hydrogen) atoms. The molecule has 1 aliphatic rings. The molecule has 0 saturated heterocycles. The van der Waals surface area contributed by atoms with Gasteiger partial charge in [-0.1, -0.05) is 24.1 Å². The Hall–Kier alpha value is -1.75. The van der Waals surface area contributed by atoms with Crippen LogP contribution in [0, 0.1) is 12.3 Å². The van der Waals surface area contributed by atoms with E-state index in [1.807, 2.05) is 35.2 Å². The van der Waals surface area contributed by atoms with Crippen LogP contribution in [0.4, 0.5) is 0 Å². The average Bonchev–Trinajstić information content (AvgIpc) is 2.26. The highest BCUT2D eigenvalue weighted by molar-refractivity contribution is 5.94. The van der Waals surface area contributed by atoms with E-state index in [2.05, 4.69) is 5.92 Å². The molecule has 1 aromatic rings. The molecular weight excluding hydrogens is 198 g/mol. The number of hydrogen-bond acceptors (Lipinski definition) is 1.